The number of benzene rings is 3. The summed E-state index contributed by atoms with van der Waals surface area (Å²) in [5, 5.41) is 3.01. The molecule has 4 heteroatoms. The molecular weight excluding hydrogens is 420 g/mol. The van der Waals surface area contributed by atoms with Crippen molar-refractivity contribution >= 4 is 5.91 Å². The SMILES string of the molecule is COc1cccc(CNC(=O)c2ccc(-n3c(-c4ccccc4)cc4c3CC[C@@H](C)C4)cc2)c1. The molecule has 4 aromatic rings. The summed E-state index contributed by atoms with van der Waals surface area (Å²) in [6.07, 6.45) is 3.40. The van der Waals surface area contributed by atoms with Gasteiger partial charge in [0.25, 0.3) is 5.91 Å². The fraction of sp³-hybridized carbons (Fsp3) is 0.233. The third kappa shape index (κ3) is 4.49. The molecule has 0 saturated heterocycles. The van der Waals surface area contributed by atoms with Crippen molar-refractivity contribution in [2.75, 3.05) is 7.11 Å². The Morgan fingerprint density at radius 3 is 2.56 bits per heavy atom. The number of rotatable bonds is 6. The zero-order chi connectivity index (χ0) is 23.5. The Bertz CT molecular complexity index is 1290. The molecule has 1 N–H and O–H groups in total. The normalized spacial score (nSPS) is 14.9. The monoisotopic (exact) mass is 450 g/mol. The molecule has 0 bridgehead atoms. The lowest BCUT2D eigenvalue weighted by Crippen LogP contribution is -2.22. The van der Waals surface area contributed by atoms with Crippen LogP contribution in [-0.4, -0.2) is 17.6 Å². The predicted molar refractivity (Wildman–Crippen MR) is 137 cm³/mol. The quantitative estimate of drug-likeness (QED) is 0.380. The molecule has 0 fully saturated rings. The van der Waals surface area contributed by atoms with Gasteiger partial charge < -0.3 is 14.6 Å². The Hall–Kier alpha value is -3.79. The number of carbonyl (C=O) groups is 1. The van der Waals surface area contributed by atoms with Crippen LogP contribution in [-0.2, 0) is 19.4 Å². The van der Waals surface area contributed by atoms with Gasteiger partial charge in [0, 0.05) is 23.5 Å². The number of nitrogens with zero attached hydrogens (tertiary/aromatic N) is 1. The molecule has 1 aliphatic rings. The first-order valence-electron chi connectivity index (χ1n) is 11.9. The molecule has 34 heavy (non-hydrogen) atoms. The zero-order valence-corrected chi connectivity index (χ0v) is 19.8. The van der Waals surface area contributed by atoms with Crippen LogP contribution in [0.1, 0.15) is 40.5 Å². The van der Waals surface area contributed by atoms with E-state index < -0.39 is 0 Å². The number of ether oxygens (including phenoxy) is 1. The topological polar surface area (TPSA) is 43.3 Å². The third-order valence-corrected chi connectivity index (χ3v) is 6.68. The average Bonchev–Trinajstić information content (AvgIpc) is 3.26. The summed E-state index contributed by atoms with van der Waals surface area (Å²) >= 11 is 0. The Morgan fingerprint density at radius 2 is 1.79 bits per heavy atom. The number of carbonyl (C=O) groups excluding carboxylic acids is 1. The number of amides is 1. The Morgan fingerprint density at radius 1 is 1.00 bits per heavy atom. The van der Waals surface area contributed by atoms with Crippen LogP contribution in [0.5, 0.6) is 5.75 Å². The highest BCUT2D eigenvalue weighted by molar-refractivity contribution is 5.94. The van der Waals surface area contributed by atoms with E-state index in [2.05, 4.69) is 65.3 Å². The Labute approximate surface area is 201 Å². The summed E-state index contributed by atoms with van der Waals surface area (Å²) in [7, 11) is 1.64. The van der Waals surface area contributed by atoms with E-state index in [4.69, 9.17) is 4.74 Å². The summed E-state index contributed by atoms with van der Waals surface area (Å²) < 4.78 is 7.65. The maximum absolute atomic E-state index is 12.8. The van der Waals surface area contributed by atoms with E-state index in [1.165, 1.54) is 28.9 Å². The molecule has 5 rings (SSSR count). The second-order valence-electron chi connectivity index (χ2n) is 9.13. The van der Waals surface area contributed by atoms with E-state index in [1.54, 1.807) is 7.11 Å². The van der Waals surface area contributed by atoms with E-state index in [1.807, 2.05) is 36.4 Å². The lowest BCUT2D eigenvalue weighted by atomic mass is 9.89. The van der Waals surface area contributed by atoms with Crippen molar-refractivity contribution in [3.63, 3.8) is 0 Å². The fourth-order valence-corrected chi connectivity index (χ4v) is 4.86. The van der Waals surface area contributed by atoms with E-state index in [0.29, 0.717) is 18.0 Å². The van der Waals surface area contributed by atoms with Gasteiger partial charge in [-0.25, -0.2) is 0 Å². The minimum atomic E-state index is -0.0824. The van der Waals surface area contributed by atoms with Gasteiger partial charge in [-0.1, -0.05) is 49.4 Å². The molecule has 1 atom stereocenters. The van der Waals surface area contributed by atoms with Crippen molar-refractivity contribution in [2.45, 2.75) is 32.7 Å². The summed E-state index contributed by atoms with van der Waals surface area (Å²) in [6, 6.07) is 28.6. The highest BCUT2D eigenvalue weighted by atomic mass is 16.5. The van der Waals surface area contributed by atoms with Crippen molar-refractivity contribution in [3.8, 4) is 22.7 Å². The molecule has 0 saturated carbocycles. The van der Waals surface area contributed by atoms with Crippen LogP contribution in [0.15, 0.2) is 84.9 Å². The fourth-order valence-electron chi connectivity index (χ4n) is 4.86. The van der Waals surface area contributed by atoms with Crippen molar-refractivity contribution in [3.05, 3.63) is 107 Å². The largest absolute Gasteiger partial charge is 0.497 e. The average molecular weight is 451 g/mol. The summed E-state index contributed by atoms with van der Waals surface area (Å²) in [5.74, 6) is 1.42. The van der Waals surface area contributed by atoms with Gasteiger partial charge in [0.1, 0.15) is 5.75 Å². The lowest BCUT2D eigenvalue weighted by molar-refractivity contribution is 0.0951. The Balaban J connectivity index is 1.40. The molecule has 0 aliphatic heterocycles. The van der Waals surface area contributed by atoms with Gasteiger partial charge in [0.05, 0.1) is 12.8 Å². The van der Waals surface area contributed by atoms with Gasteiger partial charge in [0.2, 0.25) is 0 Å². The maximum Gasteiger partial charge on any atom is 0.251 e. The first-order chi connectivity index (χ1) is 16.6. The minimum Gasteiger partial charge on any atom is -0.497 e. The maximum atomic E-state index is 12.8. The number of fused-ring (bicyclic) bond motifs is 1. The number of nitrogens with one attached hydrogen (secondary N) is 1. The highest BCUT2D eigenvalue weighted by Gasteiger charge is 2.23. The molecule has 0 spiro atoms. The number of hydrogen-bond donors (Lipinski definition) is 1. The Kier molecular flexibility index (Phi) is 6.22. The first kappa shape index (κ1) is 22.0. The molecule has 1 amide bonds. The van der Waals surface area contributed by atoms with Crippen LogP contribution >= 0.6 is 0 Å². The summed E-state index contributed by atoms with van der Waals surface area (Å²) in [5.41, 5.74) is 8.02. The molecule has 172 valence electrons. The second kappa shape index (κ2) is 9.60. The minimum absolute atomic E-state index is 0.0824. The third-order valence-electron chi connectivity index (χ3n) is 6.68. The smallest absolute Gasteiger partial charge is 0.251 e. The molecule has 4 nitrogen and oxygen atoms in total. The molecule has 3 aromatic carbocycles. The van der Waals surface area contributed by atoms with Crippen molar-refractivity contribution < 1.29 is 9.53 Å². The number of methoxy groups -OCH3 is 1. The molecule has 0 unspecified atom stereocenters. The van der Waals surface area contributed by atoms with E-state index in [-0.39, 0.29) is 5.91 Å². The van der Waals surface area contributed by atoms with Crippen LogP contribution < -0.4 is 10.1 Å². The highest BCUT2D eigenvalue weighted by Crippen LogP contribution is 2.35. The molecule has 1 aliphatic carbocycles. The van der Waals surface area contributed by atoms with Crippen molar-refractivity contribution in [1.29, 1.82) is 0 Å². The van der Waals surface area contributed by atoms with Gasteiger partial charge >= 0.3 is 0 Å². The summed E-state index contributed by atoms with van der Waals surface area (Å²) in [6.45, 7) is 2.79. The van der Waals surface area contributed by atoms with Crippen LogP contribution in [0.4, 0.5) is 0 Å². The first-order valence-corrected chi connectivity index (χ1v) is 11.9. The van der Waals surface area contributed by atoms with Gasteiger partial charge in [-0.05, 0) is 84.3 Å². The van der Waals surface area contributed by atoms with Gasteiger partial charge in [-0.3, -0.25) is 4.79 Å². The van der Waals surface area contributed by atoms with E-state index in [0.717, 1.165) is 29.8 Å². The van der Waals surface area contributed by atoms with Gasteiger partial charge in [0.15, 0.2) is 0 Å². The van der Waals surface area contributed by atoms with Crippen LogP contribution in [0.2, 0.25) is 0 Å². The second-order valence-corrected chi connectivity index (χ2v) is 9.13. The van der Waals surface area contributed by atoms with Crippen LogP contribution in [0, 0.1) is 5.92 Å². The van der Waals surface area contributed by atoms with Gasteiger partial charge in [-0.2, -0.15) is 0 Å². The lowest BCUT2D eigenvalue weighted by Gasteiger charge is -2.21. The molecule has 1 heterocycles. The summed E-state index contributed by atoms with van der Waals surface area (Å²) in [4.78, 5) is 12.8. The number of aromatic nitrogens is 1. The van der Waals surface area contributed by atoms with Crippen LogP contribution in [0.3, 0.4) is 0 Å². The van der Waals surface area contributed by atoms with Crippen LogP contribution in [0.25, 0.3) is 16.9 Å². The molecular formula is C30H30N2O2. The van der Waals surface area contributed by atoms with Crippen molar-refractivity contribution in [1.82, 2.24) is 9.88 Å². The molecule has 1 aromatic heterocycles. The predicted octanol–water partition coefficient (Wildman–Crippen LogP) is 6.21. The van der Waals surface area contributed by atoms with Gasteiger partial charge in [-0.15, -0.1) is 0 Å². The van der Waals surface area contributed by atoms with E-state index in [9.17, 15) is 4.79 Å². The number of hydrogen-bond acceptors (Lipinski definition) is 2. The van der Waals surface area contributed by atoms with Crippen molar-refractivity contribution in [2.24, 2.45) is 5.92 Å². The van der Waals surface area contributed by atoms with E-state index >= 15 is 0 Å². The molecule has 0 radical (unpaired) electrons. The zero-order valence-electron chi connectivity index (χ0n) is 19.8. The standard InChI is InChI=1S/C30H30N2O2/c1-21-11-16-28-25(17-21)19-29(23-8-4-3-5-9-23)32(28)26-14-12-24(13-15-26)30(33)31-20-22-7-6-10-27(18-22)34-2/h3-10,12-15,18-19,21H,11,16-17,20H2,1-2H3,(H,31,33)/t21-/m1/s1.